The van der Waals surface area contributed by atoms with E-state index in [2.05, 4.69) is 4.98 Å². The third-order valence-electron chi connectivity index (χ3n) is 5.96. The van der Waals surface area contributed by atoms with Crippen molar-refractivity contribution >= 4 is 11.7 Å². The first kappa shape index (κ1) is 24.9. The number of ether oxygens (including phenoxy) is 1. The van der Waals surface area contributed by atoms with Crippen LogP contribution in [0.2, 0.25) is 0 Å². The lowest BCUT2D eigenvalue weighted by atomic mass is 9.99. The van der Waals surface area contributed by atoms with Crippen LogP contribution in [0.4, 0.5) is 26.7 Å². The Bertz CT molecular complexity index is 1240. The van der Waals surface area contributed by atoms with Gasteiger partial charge in [0, 0.05) is 19.2 Å². The van der Waals surface area contributed by atoms with Crippen molar-refractivity contribution in [3.63, 3.8) is 0 Å². The lowest BCUT2D eigenvalue weighted by molar-refractivity contribution is -0.156. The predicted molar refractivity (Wildman–Crippen MR) is 116 cm³/mol. The molecule has 1 saturated heterocycles. The van der Waals surface area contributed by atoms with Gasteiger partial charge in [-0.15, -0.1) is 0 Å². The van der Waals surface area contributed by atoms with E-state index in [0.717, 1.165) is 12.6 Å². The van der Waals surface area contributed by atoms with Crippen molar-refractivity contribution in [2.24, 2.45) is 0 Å². The molecular formula is C23H23F5N4O3. The number of pyridine rings is 1. The van der Waals surface area contributed by atoms with Crippen LogP contribution < -0.4 is 5.32 Å². The average molecular weight is 498 g/mol. The summed E-state index contributed by atoms with van der Waals surface area (Å²) in [6.07, 6.45) is -4.73. The number of rotatable bonds is 5. The zero-order valence-electron chi connectivity index (χ0n) is 18.9. The SMILES string of the molecule is CNC(c1cc(F)c(-c2nc3cc(C)ccn3c2C[C@H]2CN(C(=O)O)CCO2)c(F)c1)C(F)(F)F. The Kier molecular flexibility index (Phi) is 6.69. The van der Waals surface area contributed by atoms with Gasteiger partial charge in [0.2, 0.25) is 0 Å². The molecule has 0 bridgehead atoms. The van der Waals surface area contributed by atoms with Crippen molar-refractivity contribution in [3.8, 4) is 11.3 Å². The molecule has 0 spiro atoms. The number of benzene rings is 1. The van der Waals surface area contributed by atoms with E-state index in [4.69, 9.17) is 4.74 Å². The molecule has 7 nitrogen and oxygen atoms in total. The highest BCUT2D eigenvalue weighted by Gasteiger charge is 2.40. The van der Waals surface area contributed by atoms with Crippen LogP contribution in [0.3, 0.4) is 0 Å². The van der Waals surface area contributed by atoms with Crippen LogP contribution in [-0.4, -0.2) is 64.5 Å². The van der Waals surface area contributed by atoms with Crippen molar-refractivity contribution in [1.29, 1.82) is 0 Å². The second-order valence-electron chi connectivity index (χ2n) is 8.39. The summed E-state index contributed by atoms with van der Waals surface area (Å²) < 4.78 is 77.6. The highest BCUT2D eigenvalue weighted by Crippen LogP contribution is 2.37. The van der Waals surface area contributed by atoms with Gasteiger partial charge in [0.15, 0.2) is 0 Å². The molecule has 2 aromatic heterocycles. The van der Waals surface area contributed by atoms with E-state index in [1.165, 1.54) is 4.90 Å². The molecule has 1 amide bonds. The van der Waals surface area contributed by atoms with Crippen molar-refractivity contribution in [2.75, 3.05) is 26.7 Å². The van der Waals surface area contributed by atoms with E-state index < -0.39 is 47.2 Å². The number of carboxylic acid groups (broad SMARTS) is 1. The number of amides is 1. The maximum absolute atomic E-state index is 15.2. The first-order chi connectivity index (χ1) is 16.5. The lowest BCUT2D eigenvalue weighted by Crippen LogP contribution is -2.45. The number of aromatic nitrogens is 2. The van der Waals surface area contributed by atoms with Gasteiger partial charge in [-0.25, -0.2) is 18.6 Å². The molecule has 188 valence electrons. The van der Waals surface area contributed by atoms with Gasteiger partial charge in [-0.05, 0) is 49.4 Å². The van der Waals surface area contributed by atoms with Gasteiger partial charge in [0.1, 0.15) is 23.3 Å². The Balaban J connectivity index is 1.81. The standard InChI is InChI=1S/C23H23F5N4O3/c1-12-3-4-32-17(10-14-11-31(22(33)34)5-6-35-14)20(30-18(32)7-12)19-15(24)8-13(9-16(19)25)21(29-2)23(26,27)28/h3-4,7-9,14,21,29H,5-6,10-11H2,1-2H3,(H,33,34)/t14-,21?/m0/s1. The summed E-state index contributed by atoms with van der Waals surface area (Å²) in [5.74, 6) is -2.38. The topological polar surface area (TPSA) is 79.1 Å². The minimum absolute atomic E-state index is 0.0488. The number of aryl methyl sites for hydroxylation is 1. The van der Waals surface area contributed by atoms with E-state index in [1.54, 1.807) is 22.7 Å². The van der Waals surface area contributed by atoms with Gasteiger partial charge in [-0.1, -0.05) is 0 Å². The third-order valence-corrected chi connectivity index (χ3v) is 5.96. The molecule has 1 unspecified atom stereocenters. The van der Waals surface area contributed by atoms with Gasteiger partial charge in [0.05, 0.1) is 36.2 Å². The fourth-order valence-electron chi connectivity index (χ4n) is 4.33. The zero-order valence-corrected chi connectivity index (χ0v) is 18.9. The third kappa shape index (κ3) is 4.94. The number of hydrogen-bond donors (Lipinski definition) is 2. The highest BCUT2D eigenvalue weighted by molar-refractivity contribution is 5.69. The van der Waals surface area contributed by atoms with Gasteiger partial charge < -0.3 is 24.5 Å². The van der Waals surface area contributed by atoms with E-state index in [0.29, 0.717) is 23.5 Å². The molecule has 3 aromatic rings. The maximum atomic E-state index is 15.2. The molecule has 12 heteroatoms. The first-order valence-electron chi connectivity index (χ1n) is 10.8. The molecule has 2 atom stereocenters. The fraction of sp³-hybridized carbons (Fsp3) is 0.391. The van der Waals surface area contributed by atoms with Crippen LogP contribution in [0.5, 0.6) is 0 Å². The molecule has 4 rings (SSSR count). The number of imidazole rings is 1. The summed E-state index contributed by atoms with van der Waals surface area (Å²) in [5, 5.41) is 11.3. The quantitative estimate of drug-likeness (QED) is 0.512. The number of morpholine rings is 1. The monoisotopic (exact) mass is 498 g/mol. The van der Waals surface area contributed by atoms with Crippen LogP contribution >= 0.6 is 0 Å². The number of nitrogens with zero attached hydrogens (tertiary/aromatic N) is 3. The number of nitrogens with one attached hydrogen (secondary N) is 1. The Morgan fingerprint density at radius 3 is 2.57 bits per heavy atom. The van der Waals surface area contributed by atoms with Crippen LogP contribution in [0.25, 0.3) is 16.9 Å². The Labute approximate surface area is 197 Å². The van der Waals surface area contributed by atoms with Crippen LogP contribution in [-0.2, 0) is 11.2 Å². The van der Waals surface area contributed by atoms with Gasteiger partial charge in [0.25, 0.3) is 0 Å². The van der Waals surface area contributed by atoms with Crippen LogP contribution in [0.15, 0.2) is 30.5 Å². The van der Waals surface area contributed by atoms with E-state index in [-0.39, 0.29) is 31.8 Å². The van der Waals surface area contributed by atoms with Crippen molar-refractivity contribution in [1.82, 2.24) is 19.6 Å². The summed E-state index contributed by atoms with van der Waals surface area (Å²) in [6, 6.07) is 2.51. The molecular weight excluding hydrogens is 475 g/mol. The van der Waals surface area contributed by atoms with Crippen molar-refractivity contribution in [2.45, 2.75) is 31.7 Å². The van der Waals surface area contributed by atoms with Gasteiger partial charge >= 0.3 is 12.3 Å². The molecule has 0 saturated carbocycles. The molecule has 35 heavy (non-hydrogen) atoms. The summed E-state index contributed by atoms with van der Waals surface area (Å²) >= 11 is 0. The second-order valence-corrected chi connectivity index (χ2v) is 8.39. The van der Waals surface area contributed by atoms with Crippen LogP contribution in [0, 0.1) is 18.6 Å². The lowest BCUT2D eigenvalue weighted by Gasteiger charge is -2.31. The number of alkyl halides is 3. The Morgan fingerprint density at radius 2 is 1.97 bits per heavy atom. The number of carbonyl (C=O) groups is 1. The summed E-state index contributed by atoms with van der Waals surface area (Å²) in [5.41, 5.74) is 0.322. The minimum Gasteiger partial charge on any atom is -0.465 e. The summed E-state index contributed by atoms with van der Waals surface area (Å²) in [6.45, 7) is 2.21. The first-order valence-corrected chi connectivity index (χ1v) is 10.8. The number of fused-ring (bicyclic) bond motifs is 1. The smallest absolute Gasteiger partial charge is 0.407 e. The minimum atomic E-state index is -4.75. The molecule has 1 aliphatic heterocycles. The van der Waals surface area contributed by atoms with E-state index in [9.17, 15) is 23.1 Å². The van der Waals surface area contributed by atoms with Gasteiger partial charge in [-0.2, -0.15) is 13.2 Å². The van der Waals surface area contributed by atoms with E-state index >= 15 is 8.78 Å². The summed E-state index contributed by atoms with van der Waals surface area (Å²) in [7, 11) is 1.05. The van der Waals surface area contributed by atoms with Gasteiger partial charge in [-0.3, -0.25) is 0 Å². The molecule has 3 heterocycles. The van der Waals surface area contributed by atoms with Crippen molar-refractivity contribution < 1.29 is 36.6 Å². The predicted octanol–water partition coefficient (Wildman–Crippen LogP) is 4.33. The Morgan fingerprint density at radius 1 is 1.29 bits per heavy atom. The number of halogens is 5. The van der Waals surface area contributed by atoms with Crippen LogP contribution in [0.1, 0.15) is 22.9 Å². The molecule has 1 fully saturated rings. The van der Waals surface area contributed by atoms with E-state index in [1.807, 2.05) is 12.2 Å². The zero-order chi connectivity index (χ0) is 25.5. The molecule has 2 N–H and O–H groups in total. The largest absolute Gasteiger partial charge is 0.465 e. The molecule has 1 aliphatic rings. The molecule has 0 radical (unpaired) electrons. The molecule has 0 aliphatic carbocycles. The second kappa shape index (κ2) is 9.42. The fourth-order valence-corrected chi connectivity index (χ4v) is 4.33. The summed E-state index contributed by atoms with van der Waals surface area (Å²) in [4.78, 5) is 17.0. The normalized spacial score (nSPS) is 17.7. The molecule has 1 aromatic carbocycles. The maximum Gasteiger partial charge on any atom is 0.407 e. The Hall–Kier alpha value is -3.25. The van der Waals surface area contributed by atoms with Crippen molar-refractivity contribution in [3.05, 3.63) is 58.9 Å². The highest BCUT2D eigenvalue weighted by atomic mass is 19.4. The number of hydrogen-bond acceptors (Lipinski definition) is 4. The average Bonchev–Trinajstić information content (AvgIpc) is 3.09.